The second kappa shape index (κ2) is 11.0. The van der Waals surface area contributed by atoms with Gasteiger partial charge in [-0.1, -0.05) is 0 Å². The molecule has 1 atom stereocenters. The van der Waals surface area contributed by atoms with E-state index in [9.17, 15) is 24.3 Å². The summed E-state index contributed by atoms with van der Waals surface area (Å²) < 4.78 is 0. The molecule has 1 aromatic heterocycles. The van der Waals surface area contributed by atoms with E-state index in [1.807, 2.05) is 6.92 Å². The van der Waals surface area contributed by atoms with Gasteiger partial charge in [0.2, 0.25) is 5.95 Å². The number of nitrogens with one attached hydrogen (secondary N) is 4. The molecule has 0 bridgehead atoms. The minimum atomic E-state index is -1.30. The molecular formula is C22H25N7O6. The van der Waals surface area contributed by atoms with Crippen molar-refractivity contribution in [2.75, 3.05) is 29.5 Å². The summed E-state index contributed by atoms with van der Waals surface area (Å²) in [5.74, 6) is -2.91. The maximum absolute atomic E-state index is 12.4. The van der Waals surface area contributed by atoms with Crippen LogP contribution in [-0.4, -0.2) is 63.4 Å². The first kappa shape index (κ1) is 25.0. The van der Waals surface area contributed by atoms with Crippen LogP contribution in [0.25, 0.3) is 0 Å². The highest BCUT2D eigenvalue weighted by Crippen LogP contribution is 2.21. The smallest absolute Gasteiger partial charge is 0.326 e. The van der Waals surface area contributed by atoms with Gasteiger partial charge in [0, 0.05) is 37.0 Å². The quantitative estimate of drug-likeness (QED) is 0.268. The van der Waals surface area contributed by atoms with Gasteiger partial charge in [-0.3, -0.25) is 19.4 Å². The van der Waals surface area contributed by atoms with Gasteiger partial charge in [-0.15, -0.1) is 0 Å². The molecule has 184 valence electrons. The predicted octanol–water partition coefficient (Wildman–Crippen LogP) is 0.956. The molecule has 0 fully saturated rings. The van der Waals surface area contributed by atoms with Gasteiger partial charge in [0.15, 0.2) is 5.82 Å². The average Bonchev–Trinajstić information content (AvgIpc) is 2.79. The predicted molar refractivity (Wildman–Crippen MR) is 129 cm³/mol. The first-order chi connectivity index (χ1) is 16.6. The molecule has 0 aliphatic carbocycles. The van der Waals surface area contributed by atoms with Gasteiger partial charge in [-0.25, -0.2) is 9.79 Å². The second-order valence-corrected chi connectivity index (χ2v) is 7.79. The van der Waals surface area contributed by atoms with Crippen molar-refractivity contribution < 1.29 is 24.6 Å². The van der Waals surface area contributed by atoms with Crippen molar-refractivity contribution in [2.45, 2.75) is 25.8 Å². The van der Waals surface area contributed by atoms with E-state index in [4.69, 9.17) is 10.8 Å². The summed E-state index contributed by atoms with van der Waals surface area (Å²) >= 11 is 0. The number of aromatic nitrogens is 2. The lowest BCUT2D eigenvalue weighted by Gasteiger charge is -2.16. The van der Waals surface area contributed by atoms with Crippen LogP contribution in [0.1, 0.15) is 30.1 Å². The summed E-state index contributed by atoms with van der Waals surface area (Å²) in [5, 5.41) is 26.5. The summed E-state index contributed by atoms with van der Waals surface area (Å²) in [6.07, 6.45) is 1.01. The molecule has 0 radical (unpaired) electrons. The Kier molecular flexibility index (Phi) is 7.81. The highest BCUT2D eigenvalue weighted by atomic mass is 16.4. The van der Waals surface area contributed by atoms with E-state index >= 15 is 0 Å². The van der Waals surface area contributed by atoms with E-state index in [-0.39, 0.29) is 35.9 Å². The van der Waals surface area contributed by atoms with Gasteiger partial charge in [0.05, 0.1) is 0 Å². The standard InChI is InChI=1S/C22H25N7O6/c1-11-8-25-17-18(28-22(23)29-20(17)33)26-10-13(11)9-24-14-4-2-12(3-5-14)19(32)27-15(21(34)35)6-7-16(30)31/h2-5,10,15,24-25H,6-9H2,1H3,(H,27,32)(H,30,31)(H,34,35)(H3,23,28,29,33). The zero-order chi connectivity index (χ0) is 25.5. The number of aliphatic carboxylic acids is 2. The number of rotatable bonds is 9. The van der Waals surface area contributed by atoms with Gasteiger partial charge in [-0.2, -0.15) is 4.98 Å². The number of hydrogen-bond donors (Lipinski definition) is 7. The van der Waals surface area contributed by atoms with Crippen molar-refractivity contribution in [1.29, 1.82) is 0 Å². The molecule has 13 heteroatoms. The number of carbonyl (C=O) groups excluding carboxylic acids is 1. The number of carboxylic acids is 2. The Morgan fingerprint density at radius 1 is 1.20 bits per heavy atom. The molecule has 3 rings (SSSR count). The Morgan fingerprint density at radius 2 is 1.91 bits per heavy atom. The van der Waals surface area contributed by atoms with Gasteiger partial charge in [-0.05, 0) is 48.8 Å². The molecule has 1 aromatic carbocycles. The third kappa shape index (κ3) is 6.66. The number of amides is 1. The molecule has 0 saturated heterocycles. The Hall–Kier alpha value is -4.68. The molecule has 1 amide bonds. The molecule has 35 heavy (non-hydrogen) atoms. The monoisotopic (exact) mass is 483 g/mol. The number of carboxylic acid groups (broad SMARTS) is 2. The maximum atomic E-state index is 12.4. The van der Waals surface area contributed by atoms with Gasteiger partial charge < -0.3 is 31.9 Å². The Bertz CT molecular complexity index is 1250. The first-order valence-corrected chi connectivity index (χ1v) is 10.6. The van der Waals surface area contributed by atoms with Gasteiger partial charge in [0.25, 0.3) is 11.5 Å². The number of hydrogen-bond acceptors (Lipinski definition) is 9. The van der Waals surface area contributed by atoms with Crippen molar-refractivity contribution in [1.82, 2.24) is 15.3 Å². The SMILES string of the molecule is CC1=C(CNc2ccc(C(=O)NC(CCC(=O)O)C(=O)O)cc2)C=Nc2nc(N)[nH]c(=O)c2NC1. The molecule has 0 spiro atoms. The van der Waals surface area contributed by atoms with E-state index < -0.39 is 29.4 Å². The number of aromatic amines is 1. The topological polar surface area (TPSA) is 212 Å². The highest BCUT2D eigenvalue weighted by molar-refractivity contribution is 5.97. The van der Waals surface area contributed by atoms with Crippen LogP contribution in [-0.2, 0) is 9.59 Å². The fraction of sp³-hybridized carbons (Fsp3) is 0.273. The number of anilines is 3. The third-order valence-corrected chi connectivity index (χ3v) is 5.22. The fourth-order valence-electron chi connectivity index (χ4n) is 3.21. The van der Waals surface area contributed by atoms with Crippen LogP contribution in [0.5, 0.6) is 0 Å². The normalized spacial score (nSPS) is 13.6. The third-order valence-electron chi connectivity index (χ3n) is 5.22. The molecule has 8 N–H and O–H groups in total. The minimum Gasteiger partial charge on any atom is -0.481 e. The zero-order valence-corrected chi connectivity index (χ0v) is 18.8. The van der Waals surface area contributed by atoms with Crippen LogP contribution in [0.15, 0.2) is 45.2 Å². The average molecular weight is 483 g/mol. The molecule has 2 aromatic rings. The molecule has 0 saturated carbocycles. The number of nitrogens with two attached hydrogens (primary N) is 1. The van der Waals surface area contributed by atoms with E-state index in [0.29, 0.717) is 18.8 Å². The van der Waals surface area contributed by atoms with Crippen LogP contribution in [0.2, 0.25) is 0 Å². The lowest BCUT2D eigenvalue weighted by atomic mass is 10.1. The Labute approximate surface area is 199 Å². The number of H-pyrrole nitrogens is 1. The van der Waals surface area contributed by atoms with E-state index in [0.717, 1.165) is 11.1 Å². The fourth-order valence-corrected chi connectivity index (χ4v) is 3.21. The minimum absolute atomic E-state index is 0.0330. The van der Waals surface area contributed by atoms with Crippen LogP contribution >= 0.6 is 0 Å². The number of fused-ring (bicyclic) bond motifs is 1. The second-order valence-electron chi connectivity index (χ2n) is 7.79. The van der Waals surface area contributed by atoms with Gasteiger partial charge >= 0.3 is 11.9 Å². The summed E-state index contributed by atoms with van der Waals surface area (Å²) in [7, 11) is 0. The van der Waals surface area contributed by atoms with E-state index in [1.54, 1.807) is 18.3 Å². The summed E-state index contributed by atoms with van der Waals surface area (Å²) in [6, 6.07) is 5.07. The molecule has 2 heterocycles. The summed E-state index contributed by atoms with van der Waals surface area (Å²) in [6.45, 7) is 2.69. The van der Waals surface area contributed by atoms with Gasteiger partial charge in [0.1, 0.15) is 11.7 Å². The van der Waals surface area contributed by atoms with Crippen molar-refractivity contribution >= 4 is 47.2 Å². The van der Waals surface area contributed by atoms with Crippen LogP contribution in [0.4, 0.5) is 23.1 Å². The maximum Gasteiger partial charge on any atom is 0.326 e. The number of aliphatic imine (C=N–C) groups is 1. The van der Waals surface area contributed by atoms with Crippen LogP contribution in [0, 0.1) is 0 Å². The van der Waals surface area contributed by atoms with Crippen molar-refractivity contribution in [3.8, 4) is 0 Å². The number of carbonyl (C=O) groups is 3. The molecule has 1 aliphatic rings. The Balaban J connectivity index is 1.64. The number of benzene rings is 1. The number of nitrogen functional groups attached to an aromatic ring is 1. The van der Waals surface area contributed by atoms with Crippen LogP contribution in [0.3, 0.4) is 0 Å². The van der Waals surface area contributed by atoms with Crippen molar-refractivity contribution in [3.63, 3.8) is 0 Å². The largest absolute Gasteiger partial charge is 0.481 e. The molecule has 1 aliphatic heterocycles. The Morgan fingerprint density at radius 3 is 2.57 bits per heavy atom. The van der Waals surface area contributed by atoms with Crippen LogP contribution < -0.4 is 27.2 Å². The number of nitrogens with zero attached hydrogens (tertiary/aromatic N) is 2. The van der Waals surface area contributed by atoms with E-state index in [1.165, 1.54) is 12.1 Å². The van der Waals surface area contributed by atoms with Crippen molar-refractivity contribution in [2.24, 2.45) is 4.99 Å². The lowest BCUT2D eigenvalue weighted by molar-refractivity contribution is -0.140. The first-order valence-electron chi connectivity index (χ1n) is 10.6. The zero-order valence-electron chi connectivity index (χ0n) is 18.8. The summed E-state index contributed by atoms with van der Waals surface area (Å²) in [5.41, 5.74) is 8.16. The van der Waals surface area contributed by atoms with E-state index in [2.05, 4.69) is 30.9 Å². The summed E-state index contributed by atoms with van der Waals surface area (Å²) in [4.78, 5) is 57.1. The lowest BCUT2D eigenvalue weighted by Crippen LogP contribution is -2.41. The highest BCUT2D eigenvalue weighted by Gasteiger charge is 2.21. The van der Waals surface area contributed by atoms with Crippen molar-refractivity contribution in [3.05, 3.63) is 51.3 Å². The molecule has 1 unspecified atom stereocenters. The molecular weight excluding hydrogens is 458 g/mol. The molecule has 13 nitrogen and oxygen atoms in total.